The van der Waals surface area contributed by atoms with Gasteiger partial charge in [-0.1, -0.05) is 0 Å². The summed E-state index contributed by atoms with van der Waals surface area (Å²) in [6, 6.07) is 3.66. The van der Waals surface area contributed by atoms with Gasteiger partial charge in [-0.2, -0.15) is 0 Å². The van der Waals surface area contributed by atoms with Crippen molar-refractivity contribution in [2.45, 2.75) is 38.5 Å². The molecule has 0 fully saturated rings. The zero-order valence-corrected chi connectivity index (χ0v) is 16.0. The van der Waals surface area contributed by atoms with Crippen molar-refractivity contribution in [2.24, 2.45) is 0 Å². The predicted octanol–water partition coefficient (Wildman–Crippen LogP) is 2.04. The van der Waals surface area contributed by atoms with E-state index in [-0.39, 0.29) is 18.8 Å². The molecule has 0 unspecified atom stereocenters. The first-order valence-electron chi connectivity index (χ1n) is 8.81. The van der Waals surface area contributed by atoms with Gasteiger partial charge in [-0.15, -0.1) is 0 Å². The molecule has 0 aliphatic carbocycles. The van der Waals surface area contributed by atoms with Gasteiger partial charge in [0.1, 0.15) is 42.0 Å². The van der Waals surface area contributed by atoms with E-state index in [1.165, 1.54) is 30.5 Å². The van der Waals surface area contributed by atoms with Gasteiger partial charge in [0.2, 0.25) is 0 Å². The van der Waals surface area contributed by atoms with Gasteiger partial charge in [-0.25, -0.2) is 4.79 Å². The third-order valence-corrected chi connectivity index (χ3v) is 4.24. The van der Waals surface area contributed by atoms with Gasteiger partial charge in [0.05, 0.1) is 24.1 Å². The number of non-ortho nitro benzene ring substituents is 1. The summed E-state index contributed by atoms with van der Waals surface area (Å²) >= 11 is 0. The Bertz CT molecular complexity index is 784. The summed E-state index contributed by atoms with van der Waals surface area (Å²) in [6.07, 6.45) is 1.59. The molecule has 9 heteroatoms. The molecule has 152 valence electrons. The summed E-state index contributed by atoms with van der Waals surface area (Å²) < 4.78 is 16.5. The van der Waals surface area contributed by atoms with E-state index in [9.17, 15) is 20.0 Å². The van der Waals surface area contributed by atoms with E-state index in [0.29, 0.717) is 23.7 Å². The highest BCUT2D eigenvalue weighted by atomic mass is 16.6. The maximum atomic E-state index is 11.1. The molecule has 1 aromatic carbocycles. The lowest BCUT2D eigenvalue weighted by molar-refractivity contribution is -0.385. The van der Waals surface area contributed by atoms with Crippen molar-refractivity contribution in [3.05, 3.63) is 52.0 Å². The van der Waals surface area contributed by atoms with Crippen LogP contribution in [-0.4, -0.2) is 47.4 Å². The highest BCUT2D eigenvalue weighted by molar-refractivity contribution is 5.48. The second-order valence-corrected chi connectivity index (χ2v) is 6.66. The first-order valence-corrected chi connectivity index (χ1v) is 8.81. The molecule has 0 spiro atoms. The van der Waals surface area contributed by atoms with Crippen molar-refractivity contribution >= 4 is 11.6 Å². The number of aliphatic hydroxyl groups excluding tert-OH is 1. The molecule has 0 bridgehead atoms. The molecule has 28 heavy (non-hydrogen) atoms. The number of hydrogen-bond acceptors (Lipinski definition) is 8. The number of fused-ring (bicyclic) bond motifs is 1. The molecule has 0 aromatic heterocycles. The van der Waals surface area contributed by atoms with Gasteiger partial charge in [0, 0.05) is 23.8 Å². The minimum Gasteiger partial charge on any atom is -0.494 e. The first-order chi connectivity index (χ1) is 13.3. The van der Waals surface area contributed by atoms with Crippen LogP contribution in [0.15, 0.2) is 36.3 Å². The molecular formula is C19H24N2O7. The normalized spacial score (nSPS) is 20.4. The van der Waals surface area contributed by atoms with Crippen LogP contribution >= 0.6 is 0 Å². The summed E-state index contributed by atoms with van der Waals surface area (Å²) in [5.41, 5.74) is -0.506. The van der Waals surface area contributed by atoms with E-state index in [2.05, 4.69) is 5.32 Å². The fourth-order valence-electron chi connectivity index (χ4n) is 2.87. The standard InChI is InChI=1S/C19H24N2O7/c1-4-27-14(12-26-9-5-8-22)11-20-17-15-10-13(21(24)25)6-7-16(15)28-19(2,3)18(17)23/h5-7,10,12,17-18,20,23H,4,9,11H2,1-3H3/t17-,18+/m0/s1. The van der Waals surface area contributed by atoms with Crippen molar-refractivity contribution in [3.63, 3.8) is 0 Å². The molecular weight excluding hydrogens is 368 g/mol. The minimum atomic E-state index is -0.969. The fraction of sp³-hybridized carbons (Fsp3) is 0.474. The Morgan fingerprint density at radius 3 is 2.89 bits per heavy atom. The number of nitro benzene ring substituents is 1. The van der Waals surface area contributed by atoms with Crippen molar-refractivity contribution in [1.29, 1.82) is 0 Å². The van der Waals surface area contributed by atoms with Crippen LogP contribution in [0.25, 0.3) is 0 Å². The molecule has 1 aromatic rings. The number of nitrogens with zero attached hydrogens (tertiary/aromatic N) is 1. The zero-order chi connectivity index (χ0) is 20.7. The summed E-state index contributed by atoms with van der Waals surface area (Å²) in [7, 11) is 0. The molecule has 1 aliphatic rings. The molecule has 2 atom stereocenters. The smallest absolute Gasteiger partial charge is 0.270 e. The lowest BCUT2D eigenvalue weighted by atomic mass is 9.86. The highest BCUT2D eigenvalue weighted by Gasteiger charge is 2.43. The third-order valence-electron chi connectivity index (χ3n) is 4.24. The van der Waals surface area contributed by atoms with E-state index in [0.717, 1.165) is 0 Å². The Morgan fingerprint density at radius 1 is 1.50 bits per heavy atom. The molecule has 2 rings (SSSR count). The minimum absolute atomic E-state index is 0.0576. The Kier molecular flexibility index (Phi) is 7.17. The molecule has 2 N–H and O–H groups in total. The van der Waals surface area contributed by atoms with Gasteiger partial charge in [-0.3, -0.25) is 10.1 Å². The quantitative estimate of drug-likeness (QED) is 0.215. The number of rotatable bonds is 9. The van der Waals surface area contributed by atoms with E-state index in [4.69, 9.17) is 14.2 Å². The Labute approximate surface area is 162 Å². The van der Waals surface area contributed by atoms with Crippen molar-refractivity contribution < 1.29 is 29.0 Å². The maximum Gasteiger partial charge on any atom is 0.270 e. The second-order valence-electron chi connectivity index (χ2n) is 6.66. The molecule has 1 heterocycles. The van der Waals surface area contributed by atoms with Crippen LogP contribution in [0.5, 0.6) is 5.75 Å². The number of ether oxygens (including phenoxy) is 3. The molecule has 9 nitrogen and oxygen atoms in total. The molecule has 0 saturated heterocycles. The highest BCUT2D eigenvalue weighted by Crippen LogP contribution is 2.41. The van der Waals surface area contributed by atoms with E-state index < -0.39 is 22.7 Å². The summed E-state index contributed by atoms with van der Waals surface area (Å²) in [5, 5.41) is 25.1. The number of nitro groups is 1. The third kappa shape index (κ3) is 5.10. The molecule has 0 radical (unpaired) electrons. The summed E-state index contributed by atoms with van der Waals surface area (Å²) in [6.45, 7) is 5.94. The van der Waals surface area contributed by atoms with Crippen molar-refractivity contribution in [2.75, 3.05) is 19.8 Å². The maximum absolute atomic E-state index is 11.1. The zero-order valence-electron chi connectivity index (χ0n) is 16.0. The van der Waals surface area contributed by atoms with Crippen molar-refractivity contribution in [1.82, 2.24) is 5.32 Å². The van der Waals surface area contributed by atoms with Crippen LogP contribution in [0, 0.1) is 10.1 Å². The molecule has 0 saturated carbocycles. The monoisotopic (exact) mass is 392 g/mol. The first kappa shape index (κ1) is 21.4. The van der Waals surface area contributed by atoms with Gasteiger partial charge in [0.15, 0.2) is 0 Å². The van der Waals surface area contributed by atoms with Crippen LogP contribution in [0.3, 0.4) is 0 Å². The Hall–Kier alpha value is -2.87. The number of hydrogen-bond donors (Lipinski definition) is 2. The van der Waals surface area contributed by atoms with Gasteiger partial charge >= 0.3 is 0 Å². The largest absolute Gasteiger partial charge is 0.494 e. The summed E-state index contributed by atoms with van der Waals surface area (Å²) in [4.78, 5) is 20.8. The van der Waals surface area contributed by atoms with Gasteiger partial charge < -0.3 is 24.6 Å². The number of aliphatic hydroxyl groups is 1. The average Bonchev–Trinajstić information content (AvgIpc) is 2.64. The van der Waals surface area contributed by atoms with Gasteiger partial charge in [-0.05, 0) is 26.8 Å². The lowest BCUT2D eigenvalue weighted by Gasteiger charge is -2.42. The van der Waals surface area contributed by atoms with Crippen molar-refractivity contribution in [3.8, 4) is 5.75 Å². The molecule has 1 aliphatic heterocycles. The fourth-order valence-corrected chi connectivity index (χ4v) is 2.87. The van der Waals surface area contributed by atoms with Crippen LogP contribution in [0.4, 0.5) is 5.69 Å². The molecule has 0 amide bonds. The van der Waals surface area contributed by atoms with E-state index in [1.807, 2.05) is 6.92 Å². The van der Waals surface area contributed by atoms with Crippen LogP contribution in [0.2, 0.25) is 0 Å². The predicted molar refractivity (Wildman–Crippen MR) is 100 cm³/mol. The van der Waals surface area contributed by atoms with E-state index >= 15 is 0 Å². The lowest BCUT2D eigenvalue weighted by Crippen LogP contribution is -2.52. The second kappa shape index (κ2) is 9.36. The van der Waals surface area contributed by atoms with E-state index in [1.54, 1.807) is 19.8 Å². The average molecular weight is 392 g/mol. The Balaban J connectivity index is 2.25. The van der Waals surface area contributed by atoms with Crippen LogP contribution in [0.1, 0.15) is 32.4 Å². The van der Waals surface area contributed by atoms with Crippen LogP contribution in [-0.2, 0) is 14.3 Å². The number of benzene rings is 1. The number of carbonyl (C=O) groups excluding carboxylic acids is 1. The van der Waals surface area contributed by atoms with Gasteiger partial charge in [0.25, 0.3) is 5.69 Å². The summed E-state index contributed by atoms with van der Waals surface area (Å²) in [5.74, 6) is 2.52. The SMILES string of the molecule is CCOC(=COCC=C=O)CN[C@H]1c2cc([N+](=O)[O-])ccc2OC(C)(C)[C@@H]1O. The van der Waals surface area contributed by atoms with Crippen LogP contribution < -0.4 is 10.1 Å². The number of nitrogens with one attached hydrogen (secondary N) is 1. The Morgan fingerprint density at radius 2 is 2.25 bits per heavy atom. The topological polar surface area (TPSA) is 120 Å².